The van der Waals surface area contributed by atoms with E-state index in [0.29, 0.717) is 21.5 Å². The van der Waals surface area contributed by atoms with Crippen LogP contribution >= 0.6 is 23.4 Å². The number of benzene rings is 1. The van der Waals surface area contributed by atoms with E-state index in [-0.39, 0.29) is 5.69 Å². The average Bonchev–Trinajstić information content (AvgIpc) is 2.37. The molecule has 0 radical (unpaired) electrons. The summed E-state index contributed by atoms with van der Waals surface area (Å²) in [4.78, 5) is 18.6. The molecule has 0 aliphatic rings. The van der Waals surface area contributed by atoms with Gasteiger partial charge in [0, 0.05) is 34.8 Å². The number of nitro benzene ring substituents is 1. The van der Waals surface area contributed by atoms with Gasteiger partial charge in [-0.15, -0.1) is 0 Å². The van der Waals surface area contributed by atoms with Crippen LogP contribution in [-0.4, -0.2) is 14.9 Å². The fraction of sp³-hybridized carbons (Fsp3) is 0.167. The molecule has 2 rings (SSSR count). The molecular formula is C12H10ClN3O2S. The largest absolute Gasteiger partial charge is 0.269 e. The van der Waals surface area contributed by atoms with Gasteiger partial charge in [0.25, 0.3) is 5.69 Å². The highest BCUT2D eigenvalue weighted by molar-refractivity contribution is 7.98. The summed E-state index contributed by atoms with van der Waals surface area (Å²) >= 11 is 7.41. The molecule has 7 heteroatoms. The molecule has 0 saturated heterocycles. The second-order valence-corrected chi connectivity index (χ2v) is 5.15. The van der Waals surface area contributed by atoms with Crippen LogP contribution in [0, 0.1) is 17.0 Å². The minimum absolute atomic E-state index is 0.0326. The Bertz CT molecular complexity index is 622. The normalized spacial score (nSPS) is 10.4. The fourth-order valence-electron chi connectivity index (χ4n) is 1.42. The molecule has 1 aromatic carbocycles. The highest BCUT2D eigenvalue weighted by Crippen LogP contribution is 2.27. The standard InChI is InChI=1S/C12H10ClN3O2S/c1-8-4-5-14-12(15-8)19-7-9-6-10(16(17)18)2-3-11(9)13/h2-6H,7H2,1H3. The van der Waals surface area contributed by atoms with Crippen molar-refractivity contribution in [2.24, 2.45) is 0 Å². The average molecular weight is 296 g/mol. The van der Waals surface area contributed by atoms with Crippen molar-refractivity contribution in [2.45, 2.75) is 17.8 Å². The molecule has 0 amide bonds. The summed E-state index contributed by atoms with van der Waals surface area (Å²) in [5.41, 5.74) is 1.61. The summed E-state index contributed by atoms with van der Waals surface area (Å²) < 4.78 is 0. The van der Waals surface area contributed by atoms with Gasteiger partial charge in [-0.1, -0.05) is 23.4 Å². The zero-order valence-electron chi connectivity index (χ0n) is 10.0. The number of hydrogen-bond acceptors (Lipinski definition) is 5. The van der Waals surface area contributed by atoms with Gasteiger partial charge in [0.15, 0.2) is 5.16 Å². The maximum atomic E-state index is 10.7. The predicted octanol–water partition coefficient (Wildman–Crippen LogP) is 3.64. The first-order valence-electron chi connectivity index (χ1n) is 5.41. The van der Waals surface area contributed by atoms with Crippen molar-refractivity contribution in [3.63, 3.8) is 0 Å². The third-order valence-corrected chi connectivity index (χ3v) is 3.65. The Morgan fingerprint density at radius 1 is 1.42 bits per heavy atom. The first-order chi connectivity index (χ1) is 9.06. The fourth-order valence-corrected chi connectivity index (χ4v) is 2.55. The molecule has 0 atom stereocenters. The van der Waals surface area contributed by atoms with E-state index in [9.17, 15) is 10.1 Å². The van der Waals surface area contributed by atoms with Crippen molar-refractivity contribution in [3.8, 4) is 0 Å². The van der Waals surface area contributed by atoms with Crippen LogP contribution in [0.5, 0.6) is 0 Å². The van der Waals surface area contributed by atoms with Gasteiger partial charge in [-0.05, 0) is 24.6 Å². The number of non-ortho nitro benzene ring substituents is 1. The molecule has 1 aromatic heterocycles. The number of nitro groups is 1. The third kappa shape index (κ3) is 3.65. The van der Waals surface area contributed by atoms with Crippen molar-refractivity contribution in [1.82, 2.24) is 9.97 Å². The summed E-state index contributed by atoms with van der Waals surface area (Å²) in [5, 5.41) is 11.8. The SMILES string of the molecule is Cc1ccnc(SCc2cc([N+](=O)[O-])ccc2Cl)n1. The number of nitrogens with zero attached hydrogens (tertiary/aromatic N) is 3. The molecule has 0 aliphatic heterocycles. The minimum Gasteiger partial charge on any atom is -0.258 e. The second-order valence-electron chi connectivity index (χ2n) is 3.80. The lowest BCUT2D eigenvalue weighted by atomic mass is 10.2. The first-order valence-corrected chi connectivity index (χ1v) is 6.78. The zero-order chi connectivity index (χ0) is 13.8. The lowest BCUT2D eigenvalue weighted by Crippen LogP contribution is -1.92. The summed E-state index contributed by atoms with van der Waals surface area (Å²) in [5.74, 6) is 0.490. The molecule has 0 saturated carbocycles. The molecule has 0 bridgehead atoms. The molecule has 1 heterocycles. The minimum atomic E-state index is -0.437. The molecule has 0 fully saturated rings. The molecule has 98 valence electrons. The lowest BCUT2D eigenvalue weighted by Gasteiger charge is -2.04. The number of aryl methyl sites for hydroxylation is 1. The Balaban J connectivity index is 2.15. The summed E-state index contributed by atoms with van der Waals surface area (Å²) in [7, 11) is 0. The van der Waals surface area contributed by atoms with Crippen LogP contribution in [0.2, 0.25) is 5.02 Å². The van der Waals surface area contributed by atoms with Gasteiger partial charge in [0.05, 0.1) is 4.92 Å². The van der Waals surface area contributed by atoms with Gasteiger partial charge in [0.1, 0.15) is 0 Å². The Morgan fingerprint density at radius 2 is 2.21 bits per heavy atom. The molecule has 2 aromatic rings. The number of aromatic nitrogens is 2. The molecule has 5 nitrogen and oxygen atoms in total. The monoisotopic (exact) mass is 295 g/mol. The van der Waals surface area contributed by atoms with Crippen molar-refractivity contribution >= 4 is 29.1 Å². The second kappa shape index (κ2) is 5.99. The van der Waals surface area contributed by atoms with Crippen molar-refractivity contribution in [3.05, 3.63) is 56.9 Å². The zero-order valence-corrected chi connectivity index (χ0v) is 11.6. The van der Waals surface area contributed by atoms with E-state index in [1.54, 1.807) is 6.20 Å². The number of halogens is 1. The Morgan fingerprint density at radius 3 is 2.89 bits per heavy atom. The van der Waals surface area contributed by atoms with Gasteiger partial charge in [-0.2, -0.15) is 0 Å². The van der Waals surface area contributed by atoms with Crippen LogP contribution in [0.15, 0.2) is 35.6 Å². The number of thioether (sulfide) groups is 1. The van der Waals surface area contributed by atoms with Gasteiger partial charge < -0.3 is 0 Å². The topological polar surface area (TPSA) is 68.9 Å². The van der Waals surface area contributed by atoms with E-state index >= 15 is 0 Å². The maximum absolute atomic E-state index is 10.7. The van der Waals surface area contributed by atoms with E-state index in [0.717, 1.165) is 5.69 Å². The molecular weight excluding hydrogens is 286 g/mol. The molecule has 19 heavy (non-hydrogen) atoms. The molecule has 0 aliphatic carbocycles. The lowest BCUT2D eigenvalue weighted by molar-refractivity contribution is -0.384. The van der Waals surface area contributed by atoms with E-state index in [1.165, 1.54) is 30.0 Å². The Hall–Kier alpha value is -1.66. The van der Waals surface area contributed by atoms with E-state index in [1.807, 2.05) is 13.0 Å². The predicted molar refractivity (Wildman–Crippen MR) is 74.4 cm³/mol. The van der Waals surface area contributed by atoms with Crippen LogP contribution < -0.4 is 0 Å². The van der Waals surface area contributed by atoms with Crippen molar-refractivity contribution in [1.29, 1.82) is 0 Å². The van der Waals surface area contributed by atoms with Gasteiger partial charge in [-0.25, -0.2) is 9.97 Å². The van der Waals surface area contributed by atoms with Crippen molar-refractivity contribution in [2.75, 3.05) is 0 Å². The molecule has 0 spiro atoms. The number of hydrogen-bond donors (Lipinski definition) is 0. The van der Waals surface area contributed by atoms with Gasteiger partial charge in [0.2, 0.25) is 0 Å². The van der Waals surface area contributed by atoms with Gasteiger partial charge in [-0.3, -0.25) is 10.1 Å². The van der Waals surface area contributed by atoms with Crippen LogP contribution in [-0.2, 0) is 5.75 Å². The van der Waals surface area contributed by atoms with E-state index < -0.39 is 4.92 Å². The quantitative estimate of drug-likeness (QED) is 0.373. The molecule has 0 N–H and O–H groups in total. The van der Waals surface area contributed by atoms with Crippen LogP contribution in [0.3, 0.4) is 0 Å². The summed E-state index contributed by atoms with van der Waals surface area (Å²) in [6, 6.07) is 6.21. The highest BCUT2D eigenvalue weighted by Gasteiger charge is 2.10. The number of rotatable bonds is 4. The van der Waals surface area contributed by atoms with Crippen LogP contribution in [0.4, 0.5) is 5.69 Å². The van der Waals surface area contributed by atoms with Gasteiger partial charge >= 0.3 is 0 Å². The van der Waals surface area contributed by atoms with E-state index in [4.69, 9.17) is 11.6 Å². The summed E-state index contributed by atoms with van der Waals surface area (Å²) in [6.45, 7) is 1.88. The molecule has 0 unspecified atom stereocenters. The van der Waals surface area contributed by atoms with Crippen LogP contribution in [0.25, 0.3) is 0 Å². The third-order valence-electron chi connectivity index (χ3n) is 2.37. The first kappa shape index (κ1) is 13.8. The van der Waals surface area contributed by atoms with Crippen LogP contribution in [0.1, 0.15) is 11.3 Å². The maximum Gasteiger partial charge on any atom is 0.269 e. The Kier molecular flexibility index (Phi) is 4.34. The van der Waals surface area contributed by atoms with E-state index in [2.05, 4.69) is 9.97 Å². The summed E-state index contributed by atoms with van der Waals surface area (Å²) in [6.07, 6.45) is 1.68. The Labute approximate surface area is 119 Å². The van der Waals surface area contributed by atoms with Crippen molar-refractivity contribution < 1.29 is 4.92 Å². The smallest absolute Gasteiger partial charge is 0.258 e. The highest BCUT2D eigenvalue weighted by atomic mass is 35.5.